The van der Waals surface area contributed by atoms with E-state index in [4.69, 9.17) is 9.47 Å². The zero-order valence-electron chi connectivity index (χ0n) is 18.3. The highest BCUT2D eigenvalue weighted by molar-refractivity contribution is 5.73. The van der Waals surface area contributed by atoms with Crippen LogP contribution in [0.15, 0.2) is 54.6 Å². The Kier molecular flexibility index (Phi) is 7.00. The van der Waals surface area contributed by atoms with Gasteiger partial charge in [0.25, 0.3) is 0 Å². The lowest BCUT2D eigenvalue weighted by Gasteiger charge is -2.27. The number of hydrogen-bond donors (Lipinski definition) is 0. The Hall–Kier alpha value is -3.17. The Balaban J connectivity index is 1.61. The second kappa shape index (κ2) is 9.83. The van der Waals surface area contributed by atoms with Gasteiger partial charge in [0.2, 0.25) is 0 Å². The molecule has 0 radical (unpaired) electrons. The lowest BCUT2D eigenvalue weighted by Crippen LogP contribution is -2.24. The number of hydrogen-bond acceptors (Lipinski definition) is 2. The van der Waals surface area contributed by atoms with Gasteiger partial charge in [-0.2, -0.15) is 13.2 Å². The Labute approximate surface area is 196 Å². The Morgan fingerprint density at radius 1 is 0.743 bits per heavy atom. The third kappa shape index (κ3) is 5.74. The molecule has 184 valence electrons. The smallest absolute Gasteiger partial charge is 0.348 e. The van der Waals surface area contributed by atoms with E-state index >= 15 is 0 Å². The number of halogens is 7. The van der Waals surface area contributed by atoms with Crippen LogP contribution in [-0.2, 0) is 9.47 Å². The molecule has 1 aliphatic rings. The molecule has 3 aromatic carbocycles. The highest BCUT2D eigenvalue weighted by atomic mass is 19.4. The fraction of sp³-hybridized carbons (Fsp3) is 0.231. The lowest BCUT2D eigenvalue weighted by atomic mass is 9.97. The summed E-state index contributed by atoms with van der Waals surface area (Å²) in [6.45, 7) is 3.09. The zero-order valence-corrected chi connectivity index (χ0v) is 18.3. The van der Waals surface area contributed by atoms with Crippen molar-refractivity contribution >= 4 is 6.08 Å². The van der Waals surface area contributed by atoms with Crippen LogP contribution in [0.4, 0.5) is 30.7 Å². The Morgan fingerprint density at radius 3 is 1.77 bits per heavy atom. The fourth-order valence-corrected chi connectivity index (χ4v) is 3.71. The molecule has 0 aliphatic carbocycles. The molecule has 4 rings (SSSR count). The van der Waals surface area contributed by atoms with Crippen molar-refractivity contribution in [2.75, 3.05) is 13.2 Å². The van der Waals surface area contributed by atoms with Crippen molar-refractivity contribution in [3.05, 3.63) is 89.0 Å². The normalized spacial score (nSPS) is 18.9. The van der Waals surface area contributed by atoms with Gasteiger partial charge in [0.05, 0.1) is 18.8 Å². The van der Waals surface area contributed by atoms with E-state index in [1.807, 2.05) is 6.92 Å². The Bertz CT molecular complexity index is 1200. The van der Waals surface area contributed by atoms with Crippen LogP contribution in [0.3, 0.4) is 0 Å². The maximum absolute atomic E-state index is 14.9. The van der Waals surface area contributed by atoms with Crippen molar-refractivity contribution in [3.8, 4) is 22.3 Å². The summed E-state index contributed by atoms with van der Waals surface area (Å²) in [5.41, 5.74) is -0.755. The summed E-state index contributed by atoms with van der Waals surface area (Å²) < 4.78 is 106. The number of benzene rings is 3. The molecule has 0 atom stereocenters. The van der Waals surface area contributed by atoms with Gasteiger partial charge in [-0.3, -0.25) is 0 Å². The molecule has 0 N–H and O–H groups in total. The van der Waals surface area contributed by atoms with Crippen LogP contribution >= 0.6 is 0 Å². The maximum Gasteiger partial charge on any atom is 0.409 e. The zero-order chi connectivity index (χ0) is 25.3. The van der Waals surface area contributed by atoms with E-state index in [1.165, 1.54) is 0 Å². The minimum absolute atomic E-state index is 0.181. The highest BCUT2D eigenvalue weighted by Crippen LogP contribution is 2.34. The fourth-order valence-electron chi connectivity index (χ4n) is 3.71. The van der Waals surface area contributed by atoms with Crippen molar-refractivity contribution in [1.29, 1.82) is 0 Å². The second-order valence-electron chi connectivity index (χ2n) is 8.27. The van der Waals surface area contributed by atoms with E-state index in [9.17, 15) is 30.7 Å². The summed E-state index contributed by atoms with van der Waals surface area (Å²) in [5.74, 6) is -4.67. The third-order valence-corrected chi connectivity index (χ3v) is 5.43. The number of rotatable bonds is 4. The highest BCUT2D eigenvalue weighted by Gasteiger charge is 2.24. The number of ether oxygens (including phenoxy) is 2. The van der Waals surface area contributed by atoms with Gasteiger partial charge in [-0.1, -0.05) is 31.2 Å². The molecular weight excluding hydrogens is 477 g/mol. The van der Waals surface area contributed by atoms with E-state index in [0.717, 1.165) is 17.7 Å². The van der Waals surface area contributed by atoms with Gasteiger partial charge in [0.15, 0.2) is 6.29 Å². The van der Waals surface area contributed by atoms with Gasteiger partial charge in [-0.25, -0.2) is 17.6 Å². The summed E-state index contributed by atoms with van der Waals surface area (Å²) >= 11 is 0. The van der Waals surface area contributed by atoms with Gasteiger partial charge in [0.1, 0.15) is 23.3 Å². The molecule has 1 aliphatic heterocycles. The summed E-state index contributed by atoms with van der Waals surface area (Å²) in [5, 5.41) is 0. The van der Waals surface area contributed by atoms with E-state index in [1.54, 1.807) is 24.3 Å². The minimum Gasteiger partial charge on any atom is -0.348 e. The van der Waals surface area contributed by atoms with Crippen molar-refractivity contribution in [1.82, 2.24) is 0 Å². The van der Waals surface area contributed by atoms with E-state index in [-0.39, 0.29) is 23.6 Å². The first-order chi connectivity index (χ1) is 16.5. The van der Waals surface area contributed by atoms with Gasteiger partial charge in [0, 0.05) is 23.1 Å². The van der Waals surface area contributed by atoms with Gasteiger partial charge in [-0.15, -0.1) is 0 Å². The summed E-state index contributed by atoms with van der Waals surface area (Å²) in [7, 11) is 0. The average molecular weight is 496 g/mol. The third-order valence-electron chi connectivity index (χ3n) is 5.43. The van der Waals surface area contributed by atoms with E-state index in [0.29, 0.717) is 30.9 Å². The Morgan fingerprint density at radius 2 is 1.26 bits per heavy atom. The minimum atomic E-state index is -4.78. The van der Waals surface area contributed by atoms with Crippen LogP contribution in [0, 0.1) is 29.2 Å². The standard InChI is InChI=1S/C26H19F7O2/c1-14-12-34-25(35-13-14)16-4-2-15(3-5-16)17-8-22(29)24(23(30)9-17)18-10-20(27)19(21(28)11-18)6-7-26(31,32)33/h2-11,14,25H,12-13H2,1H3/b7-6+. The summed E-state index contributed by atoms with van der Waals surface area (Å²) in [6, 6.07) is 9.87. The van der Waals surface area contributed by atoms with Gasteiger partial charge < -0.3 is 9.47 Å². The molecule has 0 unspecified atom stereocenters. The monoisotopic (exact) mass is 496 g/mol. The van der Waals surface area contributed by atoms with Crippen LogP contribution in [-0.4, -0.2) is 19.4 Å². The SMILES string of the molecule is CC1COC(c2ccc(-c3cc(F)c(-c4cc(F)c(/C=C/C(F)(F)F)c(F)c4)c(F)c3)cc2)OC1. The van der Waals surface area contributed by atoms with Crippen molar-refractivity contribution in [3.63, 3.8) is 0 Å². The molecule has 1 fully saturated rings. The molecule has 35 heavy (non-hydrogen) atoms. The molecule has 1 saturated heterocycles. The molecule has 2 nitrogen and oxygen atoms in total. The largest absolute Gasteiger partial charge is 0.409 e. The summed E-state index contributed by atoms with van der Waals surface area (Å²) in [6.07, 6.45) is -5.42. The first-order valence-electron chi connectivity index (χ1n) is 10.6. The van der Waals surface area contributed by atoms with Crippen LogP contribution < -0.4 is 0 Å². The van der Waals surface area contributed by atoms with Crippen LogP contribution in [0.25, 0.3) is 28.3 Å². The van der Waals surface area contributed by atoms with E-state index < -0.39 is 52.4 Å². The molecule has 3 aromatic rings. The number of alkyl halides is 3. The van der Waals surface area contributed by atoms with Crippen LogP contribution in [0.1, 0.15) is 24.3 Å². The molecule has 1 heterocycles. The quantitative estimate of drug-likeness (QED) is 0.343. The second-order valence-corrected chi connectivity index (χ2v) is 8.27. The summed E-state index contributed by atoms with van der Waals surface area (Å²) in [4.78, 5) is 0. The van der Waals surface area contributed by atoms with Crippen LogP contribution in [0.2, 0.25) is 0 Å². The molecule has 0 aromatic heterocycles. The number of allylic oxidation sites excluding steroid dienone is 1. The first kappa shape index (κ1) is 24.9. The van der Waals surface area contributed by atoms with Gasteiger partial charge >= 0.3 is 6.18 Å². The lowest BCUT2D eigenvalue weighted by molar-refractivity contribution is -0.202. The van der Waals surface area contributed by atoms with E-state index in [2.05, 4.69) is 0 Å². The molecule has 9 heteroatoms. The van der Waals surface area contributed by atoms with Crippen molar-refractivity contribution in [2.24, 2.45) is 5.92 Å². The topological polar surface area (TPSA) is 18.5 Å². The predicted molar refractivity (Wildman–Crippen MR) is 116 cm³/mol. The van der Waals surface area contributed by atoms with Crippen LogP contribution in [0.5, 0.6) is 0 Å². The first-order valence-corrected chi connectivity index (χ1v) is 10.6. The van der Waals surface area contributed by atoms with Gasteiger partial charge in [-0.05, 0) is 47.0 Å². The predicted octanol–water partition coefficient (Wildman–Crippen LogP) is 7.83. The molecule has 0 bridgehead atoms. The molecular formula is C26H19F7O2. The average Bonchev–Trinajstić information content (AvgIpc) is 2.78. The van der Waals surface area contributed by atoms with Crippen molar-refractivity contribution in [2.45, 2.75) is 19.4 Å². The molecule has 0 amide bonds. The molecule has 0 saturated carbocycles. The molecule has 0 spiro atoms. The van der Waals surface area contributed by atoms with Crippen molar-refractivity contribution < 1.29 is 40.2 Å². The maximum atomic E-state index is 14.9.